The van der Waals surface area contributed by atoms with E-state index in [0.717, 1.165) is 0 Å². The van der Waals surface area contributed by atoms with Crippen LogP contribution in [0.2, 0.25) is 0 Å². The van der Waals surface area contributed by atoms with Crippen molar-refractivity contribution >= 4 is 0 Å². The number of benzene rings is 1. The van der Waals surface area contributed by atoms with Gasteiger partial charge in [0.2, 0.25) is 0 Å². The summed E-state index contributed by atoms with van der Waals surface area (Å²) >= 11 is 0. The van der Waals surface area contributed by atoms with Gasteiger partial charge in [-0.05, 0) is 5.56 Å². The van der Waals surface area contributed by atoms with Crippen LogP contribution in [0.1, 0.15) is 5.56 Å². The Bertz CT molecular complexity index is 358. The second kappa shape index (κ2) is 12.6. The molecule has 0 aliphatic carbocycles. The number of hydrogen-bond donors (Lipinski definition) is 0. The molecular formula is C16H22O4. The van der Waals surface area contributed by atoms with Crippen molar-refractivity contribution in [2.24, 2.45) is 0 Å². The molecule has 0 unspecified atom stereocenters. The molecule has 4 nitrogen and oxygen atoms in total. The van der Waals surface area contributed by atoms with Crippen molar-refractivity contribution in [1.82, 2.24) is 0 Å². The van der Waals surface area contributed by atoms with Crippen LogP contribution in [0.3, 0.4) is 0 Å². The van der Waals surface area contributed by atoms with E-state index in [2.05, 4.69) is 5.92 Å². The zero-order valence-electron chi connectivity index (χ0n) is 11.8. The Hall–Kier alpha value is -1.38. The second-order valence-electron chi connectivity index (χ2n) is 4.02. The summed E-state index contributed by atoms with van der Waals surface area (Å²) in [5.74, 6) is 2.39. The van der Waals surface area contributed by atoms with Crippen LogP contribution in [0.5, 0.6) is 0 Å². The molecule has 0 amide bonds. The lowest BCUT2D eigenvalue weighted by Crippen LogP contribution is -2.11. The maximum Gasteiger partial charge on any atom is 0.107 e. The van der Waals surface area contributed by atoms with E-state index in [0.29, 0.717) is 52.9 Å². The SMILES string of the molecule is C#CCOCCOCCOCCOCc1ccccc1. The summed E-state index contributed by atoms with van der Waals surface area (Å²) in [6.07, 6.45) is 5.04. The number of ether oxygens (including phenoxy) is 4. The Balaban J connectivity index is 1.78. The summed E-state index contributed by atoms with van der Waals surface area (Å²) in [5.41, 5.74) is 1.17. The van der Waals surface area contributed by atoms with Crippen molar-refractivity contribution in [3.05, 3.63) is 35.9 Å². The van der Waals surface area contributed by atoms with Crippen LogP contribution in [0.15, 0.2) is 30.3 Å². The zero-order valence-corrected chi connectivity index (χ0v) is 11.8. The van der Waals surface area contributed by atoms with Gasteiger partial charge in [-0.2, -0.15) is 0 Å². The van der Waals surface area contributed by atoms with E-state index in [4.69, 9.17) is 25.4 Å². The third-order valence-corrected chi connectivity index (χ3v) is 2.41. The van der Waals surface area contributed by atoms with E-state index in [-0.39, 0.29) is 0 Å². The van der Waals surface area contributed by atoms with E-state index >= 15 is 0 Å². The first-order valence-corrected chi connectivity index (χ1v) is 6.72. The fourth-order valence-corrected chi connectivity index (χ4v) is 1.45. The quantitative estimate of drug-likeness (QED) is 0.432. The van der Waals surface area contributed by atoms with Crippen molar-refractivity contribution in [1.29, 1.82) is 0 Å². The maximum absolute atomic E-state index is 5.49. The van der Waals surface area contributed by atoms with Gasteiger partial charge < -0.3 is 18.9 Å². The Morgan fingerprint density at radius 2 is 1.30 bits per heavy atom. The van der Waals surface area contributed by atoms with Crippen LogP contribution in [-0.4, -0.2) is 46.2 Å². The summed E-state index contributed by atoms with van der Waals surface area (Å²) in [6.45, 7) is 4.28. The highest BCUT2D eigenvalue weighted by Crippen LogP contribution is 1.99. The van der Waals surface area contributed by atoms with Gasteiger partial charge in [0.1, 0.15) is 6.61 Å². The molecule has 0 saturated carbocycles. The third-order valence-electron chi connectivity index (χ3n) is 2.41. The summed E-state index contributed by atoms with van der Waals surface area (Å²) in [5, 5.41) is 0. The highest BCUT2D eigenvalue weighted by atomic mass is 16.6. The summed E-state index contributed by atoms with van der Waals surface area (Å²) in [4.78, 5) is 0. The molecule has 110 valence electrons. The molecule has 20 heavy (non-hydrogen) atoms. The highest BCUT2D eigenvalue weighted by molar-refractivity contribution is 5.13. The van der Waals surface area contributed by atoms with Gasteiger partial charge in [0, 0.05) is 0 Å². The first kappa shape index (κ1) is 16.7. The molecular weight excluding hydrogens is 256 g/mol. The van der Waals surface area contributed by atoms with Crippen LogP contribution in [0.25, 0.3) is 0 Å². The molecule has 0 spiro atoms. The van der Waals surface area contributed by atoms with Gasteiger partial charge in [-0.3, -0.25) is 0 Å². The first-order valence-electron chi connectivity index (χ1n) is 6.72. The number of terminal acetylenes is 1. The van der Waals surface area contributed by atoms with Crippen LogP contribution < -0.4 is 0 Å². The molecule has 0 N–H and O–H groups in total. The molecule has 0 heterocycles. The molecule has 1 aromatic rings. The van der Waals surface area contributed by atoms with Gasteiger partial charge in [-0.15, -0.1) is 6.42 Å². The smallest absolute Gasteiger partial charge is 0.107 e. The van der Waals surface area contributed by atoms with Gasteiger partial charge >= 0.3 is 0 Å². The van der Waals surface area contributed by atoms with Gasteiger partial charge in [-0.25, -0.2) is 0 Å². The molecule has 0 atom stereocenters. The Morgan fingerprint density at radius 1 is 0.750 bits per heavy atom. The highest BCUT2D eigenvalue weighted by Gasteiger charge is 1.93. The van der Waals surface area contributed by atoms with E-state index in [1.807, 2.05) is 30.3 Å². The average molecular weight is 278 g/mol. The first-order chi connectivity index (χ1) is 9.93. The molecule has 0 aliphatic rings. The van der Waals surface area contributed by atoms with Gasteiger partial charge in [0.25, 0.3) is 0 Å². The fraction of sp³-hybridized carbons (Fsp3) is 0.500. The molecule has 0 fully saturated rings. The third kappa shape index (κ3) is 9.54. The molecule has 0 radical (unpaired) electrons. The molecule has 0 bridgehead atoms. The second-order valence-corrected chi connectivity index (χ2v) is 4.02. The predicted molar refractivity (Wildman–Crippen MR) is 77.4 cm³/mol. The minimum atomic E-state index is 0.332. The monoisotopic (exact) mass is 278 g/mol. The molecule has 0 aromatic heterocycles. The normalized spacial score (nSPS) is 10.3. The summed E-state index contributed by atoms with van der Waals surface area (Å²) in [6, 6.07) is 10.1. The molecule has 4 heteroatoms. The van der Waals surface area contributed by atoms with Crippen molar-refractivity contribution in [2.75, 3.05) is 46.2 Å². The summed E-state index contributed by atoms with van der Waals surface area (Å²) < 4.78 is 21.2. The van der Waals surface area contributed by atoms with E-state index in [1.54, 1.807) is 0 Å². The molecule has 1 rings (SSSR count). The van der Waals surface area contributed by atoms with E-state index in [1.165, 1.54) is 5.56 Å². The maximum atomic E-state index is 5.49. The van der Waals surface area contributed by atoms with Gasteiger partial charge in [-0.1, -0.05) is 36.3 Å². The van der Waals surface area contributed by atoms with Crippen LogP contribution in [0.4, 0.5) is 0 Å². The number of rotatable bonds is 12. The van der Waals surface area contributed by atoms with Crippen LogP contribution in [-0.2, 0) is 25.6 Å². The Morgan fingerprint density at radius 3 is 1.90 bits per heavy atom. The predicted octanol–water partition coefficient (Wildman–Crippen LogP) is 1.89. The van der Waals surface area contributed by atoms with Gasteiger partial charge in [0.05, 0.1) is 46.2 Å². The summed E-state index contributed by atoms with van der Waals surface area (Å²) in [7, 11) is 0. The minimum absolute atomic E-state index is 0.332. The Labute approximate surface area is 121 Å². The van der Waals surface area contributed by atoms with Crippen LogP contribution >= 0.6 is 0 Å². The zero-order chi connectivity index (χ0) is 14.3. The number of hydrogen-bond acceptors (Lipinski definition) is 4. The minimum Gasteiger partial charge on any atom is -0.377 e. The Kier molecular flexibility index (Phi) is 10.5. The largest absolute Gasteiger partial charge is 0.377 e. The van der Waals surface area contributed by atoms with Crippen molar-refractivity contribution in [3.63, 3.8) is 0 Å². The topological polar surface area (TPSA) is 36.9 Å². The van der Waals surface area contributed by atoms with Crippen molar-refractivity contribution in [2.45, 2.75) is 6.61 Å². The fourth-order valence-electron chi connectivity index (χ4n) is 1.45. The lowest BCUT2D eigenvalue weighted by Gasteiger charge is -2.07. The van der Waals surface area contributed by atoms with Gasteiger partial charge in [0.15, 0.2) is 0 Å². The van der Waals surface area contributed by atoms with E-state index in [9.17, 15) is 0 Å². The average Bonchev–Trinajstić information content (AvgIpc) is 2.49. The molecule has 0 aliphatic heterocycles. The standard InChI is InChI=1S/C16H22O4/c1-2-8-17-9-10-18-11-12-19-13-14-20-15-16-6-4-3-5-7-16/h1,3-7H,8-15H2. The molecule has 0 saturated heterocycles. The lowest BCUT2D eigenvalue weighted by atomic mass is 10.2. The van der Waals surface area contributed by atoms with E-state index < -0.39 is 0 Å². The van der Waals surface area contributed by atoms with Crippen LogP contribution in [0, 0.1) is 12.3 Å². The molecule has 1 aromatic carbocycles. The lowest BCUT2D eigenvalue weighted by molar-refractivity contribution is -0.00126. The van der Waals surface area contributed by atoms with Crippen molar-refractivity contribution < 1.29 is 18.9 Å². The van der Waals surface area contributed by atoms with Crippen molar-refractivity contribution in [3.8, 4) is 12.3 Å².